The Balaban J connectivity index is 1.94. The molecule has 0 unspecified atom stereocenters. The third-order valence-corrected chi connectivity index (χ3v) is 3.54. The summed E-state index contributed by atoms with van der Waals surface area (Å²) in [4.78, 5) is 11.8. The Kier molecular flexibility index (Phi) is 5.29. The molecular formula is C14H11BrCl2N2O. The number of benzene rings is 2. The molecule has 0 spiro atoms. The number of rotatable bonds is 4. The summed E-state index contributed by atoms with van der Waals surface area (Å²) in [5.41, 5.74) is 1.35. The quantitative estimate of drug-likeness (QED) is 0.807. The van der Waals surface area contributed by atoms with Crippen molar-refractivity contribution in [3.63, 3.8) is 0 Å². The van der Waals surface area contributed by atoms with E-state index < -0.39 is 0 Å². The Morgan fingerprint density at radius 2 is 1.95 bits per heavy atom. The zero-order valence-corrected chi connectivity index (χ0v) is 13.4. The Hall–Kier alpha value is -1.23. The highest BCUT2D eigenvalue weighted by Crippen LogP contribution is 2.25. The molecule has 0 atom stereocenters. The van der Waals surface area contributed by atoms with Crippen LogP contribution in [0.25, 0.3) is 0 Å². The molecular weight excluding hydrogens is 363 g/mol. The highest BCUT2D eigenvalue weighted by molar-refractivity contribution is 9.10. The molecule has 2 aromatic rings. The van der Waals surface area contributed by atoms with Gasteiger partial charge in [0.15, 0.2) is 0 Å². The van der Waals surface area contributed by atoms with Crippen molar-refractivity contribution in [3.05, 3.63) is 57.0 Å². The van der Waals surface area contributed by atoms with Gasteiger partial charge in [-0.05, 0) is 36.4 Å². The number of carbonyl (C=O) groups excluding carboxylic acids is 1. The molecule has 0 aliphatic carbocycles. The van der Waals surface area contributed by atoms with Crippen molar-refractivity contribution in [1.82, 2.24) is 0 Å². The average molecular weight is 374 g/mol. The number of hydrogen-bond acceptors (Lipinski definition) is 2. The summed E-state index contributed by atoms with van der Waals surface area (Å²) < 4.78 is 0.945. The van der Waals surface area contributed by atoms with E-state index in [2.05, 4.69) is 26.6 Å². The molecule has 1 amide bonds. The van der Waals surface area contributed by atoms with Crippen LogP contribution >= 0.6 is 39.1 Å². The molecule has 0 bridgehead atoms. The van der Waals surface area contributed by atoms with Crippen LogP contribution < -0.4 is 10.6 Å². The highest BCUT2D eigenvalue weighted by atomic mass is 79.9. The average Bonchev–Trinajstić information content (AvgIpc) is 2.41. The summed E-state index contributed by atoms with van der Waals surface area (Å²) >= 11 is 15.2. The largest absolute Gasteiger partial charge is 0.376 e. The predicted octanol–water partition coefficient (Wildman–Crippen LogP) is 4.81. The molecule has 104 valence electrons. The lowest BCUT2D eigenvalue weighted by molar-refractivity contribution is -0.114. The van der Waals surface area contributed by atoms with Gasteiger partial charge in [0.1, 0.15) is 0 Å². The summed E-state index contributed by atoms with van der Waals surface area (Å²) in [6.45, 7) is 0.138. The van der Waals surface area contributed by atoms with Crippen molar-refractivity contribution < 1.29 is 4.79 Å². The molecule has 0 aromatic heterocycles. The Morgan fingerprint density at radius 1 is 1.15 bits per heavy atom. The number of carbonyl (C=O) groups is 1. The smallest absolute Gasteiger partial charge is 0.243 e. The maximum Gasteiger partial charge on any atom is 0.243 e. The SMILES string of the molecule is O=C(CNc1cccc(Br)c1)Nc1cc(Cl)ccc1Cl. The minimum absolute atomic E-state index is 0.138. The molecule has 2 rings (SSSR count). The van der Waals surface area contributed by atoms with Crippen LogP contribution in [0.15, 0.2) is 46.9 Å². The van der Waals surface area contributed by atoms with Gasteiger partial charge in [0.2, 0.25) is 5.91 Å². The summed E-state index contributed by atoms with van der Waals surface area (Å²) in [5, 5.41) is 6.70. The van der Waals surface area contributed by atoms with Gasteiger partial charge >= 0.3 is 0 Å². The van der Waals surface area contributed by atoms with E-state index in [-0.39, 0.29) is 12.5 Å². The van der Waals surface area contributed by atoms with Crippen LogP contribution in [0.5, 0.6) is 0 Å². The molecule has 2 aromatic carbocycles. The second-order valence-electron chi connectivity index (χ2n) is 4.04. The van der Waals surface area contributed by atoms with Crippen LogP contribution in [0, 0.1) is 0 Å². The van der Waals surface area contributed by atoms with E-state index in [0.717, 1.165) is 10.2 Å². The number of halogens is 3. The van der Waals surface area contributed by atoms with Crippen LogP contribution in [0.2, 0.25) is 10.0 Å². The first kappa shape index (κ1) is 15.2. The lowest BCUT2D eigenvalue weighted by Crippen LogP contribution is -2.21. The van der Waals surface area contributed by atoms with Crippen molar-refractivity contribution in [3.8, 4) is 0 Å². The third kappa shape index (κ3) is 4.40. The number of anilines is 2. The summed E-state index contributed by atoms with van der Waals surface area (Å²) in [7, 11) is 0. The summed E-state index contributed by atoms with van der Waals surface area (Å²) in [6.07, 6.45) is 0. The minimum Gasteiger partial charge on any atom is -0.376 e. The summed E-state index contributed by atoms with van der Waals surface area (Å²) in [6, 6.07) is 12.5. The molecule has 2 N–H and O–H groups in total. The van der Waals surface area contributed by atoms with Crippen LogP contribution in [0.4, 0.5) is 11.4 Å². The highest BCUT2D eigenvalue weighted by Gasteiger charge is 2.06. The van der Waals surface area contributed by atoms with Gasteiger partial charge in [-0.3, -0.25) is 4.79 Å². The Labute approximate surface area is 135 Å². The molecule has 0 saturated carbocycles. The first-order chi connectivity index (χ1) is 9.54. The normalized spacial score (nSPS) is 10.2. The van der Waals surface area contributed by atoms with Gasteiger partial charge in [-0.1, -0.05) is 45.2 Å². The zero-order valence-electron chi connectivity index (χ0n) is 10.3. The molecule has 0 fully saturated rings. The van der Waals surface area contributed by atoms with Crippen molar-refractivity contribution >= 4 is 56.4 Å². The van der Waals surface area contributed by atoms with Crippen LogP contribution in [0.1, 0.15) is 0 Å². The molecule has 0 heterocycles. The molecule has 0 aliphatic rings. The Morgan fingerprint density at radius 3 is 2.70 bits per heavy atom. The number of amides is 1. The van der Waals surface area contributed by atoms with E-state index in [0.29, 0.717) is 15.7 Å². The predicted molar refractivity (Wildman–Crippen MR) is 87.7 cm³/mol. The maximum atomic E-state index is 11.8. The second-order valence-corrected chi connectivity index (χ2v) is 5.80. The van der Waals surface area contributed by atoms with Gasteiger partial charge in [0, 0.05) is 15.2 Å². The van der Waals surface area contributed by atoms with Gasteiger partial charge < -0.3 is 10.6 Å². The van der Waals surface area contributed by atoms with Gasteiger partial charge in [-0.25, -0.2) is 0 Å². The van der Waals surface area contributed by atoms with Gasteiger partial charge in [0.05, 0.1) is 17.3 Å². The third-order valence-electron chi connectivity index (χ3n) is 2.48. The van der Waals surface area contributed by atoms with Crippen LogP contribution in [-0.2, 0) is 4.79 Å². The van der Waals surface area contributed by atoms with Crippen molar-refractivity contribution in [2.45, 2.75) is 0 Å². The molecule has 20 heavy (non-hydrogen) atoms. The van der Waals surface area contributed by atoms with E-state index in [4.69, 9.17) is 23.2 Å². The molecule has 0 radical (unpaired) electrons. The molecule has 0 aliphatic heterocycles. The lowest BCUT2D eigenvalue weighted by Gasteiger charge is -2.09. The summed E-state index contributed by atoms with van der Waals surface area (Å²) in [5.74, 6) is -0.200. The number of nitrogens with one attached hydrogen (secondary N) is 2. The topological polar surface area (TPSA) is 41.1 Å². The van der Waals surface area contributed by atoms with E-state index in [1.54, 1.807) is 18.2 Å². The van der Waals surface area contributed by atoms with Gasteiger partial charge in [-0.2, -0.15) is 0 Å². The van der Waals surface area contributed by atoms with E-state index in [1.807, 2.05) is 24.3 Å². The standard InChI is InChI=1S/C14H11BrCl2N2O/c15-9-2-1-3-11(6-9)18-8-14(20)19-13-7-10(16)4-5-12(13)17/h1-7,18H,8H2,(H,19,20). The molecule has 0 saturated heterocycles. The fraction of sp³-hybridized carbons (Fsp3) is 0.0714. The molecule has 6 heteroatoms. The monoisotopic (exact) mass is 372 g/mol. The first-order valence-corrected chi connectivity index (χ1v) is 7.34. The zero-order chi connectivity index (χ0) is 14.5. The van der Waals surface area contributed by atoms with Crippen LogP contribution in [0.3, 0.4) is 0 Å². The fourth-order valence-corrected chi connectivity index (χ4v) is 2.30. The molecule has 3 nitrogen and oxygen atoms in total. The first-order valence-electron chi connectivity index (χ1n) is 5.79. The fourth-order valence-electron chi connectivity index (χ4n) is 1.57. The van der Waals surface area contributed by atoms with Gasteiger partial charge in [0.25, 0.3) is 0 Å². The van der Waals surface area contributed by atoms with Crippen molar-refractivity contribution in [2.75, 3.05) is 17.2 Å². The van der Waals surface area contributed by atoms with Crippen molar-refractivity contribution in [1.29, 1.82) is 0 Å². The second kappa shape index (κ2) is 6.97. The van der Waals surface area contributed by atoms with Crippen LogP contribution in [-0.4, -0.2) is 12.5 Å². The van der Waals surface area contributed by atoms with Crippen molar-refractivity contribution in [2.24, 2.45) is 0 Å². The maximum absolute atomic E-state index is 11.8. The van der Waals surface area contributed by atoms with Gasteiger partial charge in [-0.15, -0.1) is 0 Å². The van der Waals surface area contributed by atoms with E-state index >= 15 is 0 Å². The lowest BCUT2D eigenvalue weighted by atomic mass is 10.3. The Bertz CT molecular complexity index is 634. The van der Waals surface area contributed by atoms with E-state index in [9.17, 15) is 4.79 Å². The van der Waals surface area contributed by atoms with E-state index in [1.165, 1.54) is 0 Å². The minimum atomic E-state index is -0.200. The number of hydrogen-bond donors (Lipinski definition) is 2.